The summed E-state index contributed by atoms with van der Waals surface area (Å²) >= 11 is 0. The Bertz CT molecular complexity index is 723. The van der Waals surface area contributed by atoms with Crippen molar-refractivity contribution < 1.29 is 13.2 Å². The van der Waals surface area contributed by atoms with Crippen LogP contribution < -0.4 is 15.4 Å². The zero-order valence-corrected chi connectivity index (χ0v) is 17.7. The number of nitrogens with one attached hydrogen (secondary N) is 2. The molecule has 0 spiro atoms. The van der Waals surface area contributed by atoms with Crippen molar-refractivity contribution in [3.63, 3.8) is 0 Å². The average Bonchev–Trinajstić information content (AvgIpc) is 2.57. The molecular formula is C20H33N3O3S. The van der Waals surface area contributed by atoms with Gasteiger partial charge in [-0.25, -0.2) is 8.42 Å². The first-order valence-corrected chi connectivity index (χ1v) is 11.5. The van der Waals surface area contributed by atoms with Gasteiger partial charge in [0, 0.05) is 19.8 Å². The van der Waals surface area contributed by atoms with Gasteiger partial charge in [0.05, 0.1) is 11.4 Å². The molecule has 152 valence electrons. The lowest BCUT2D eigenvalue weighted by atomic mass is 9.64. The SMILES string of the molecule is CN=C(NCCOc1ccc(S(C)(=O)=O)cc1)NCC1(CC(C)C)CCC1. The normalized spacial score (nSPS) is 16.7. The predicted molar refractivity (Wildman–Crippen MR) is 110 cm³/mol. The molecule has 0 amide bonds. The molecule has 0 atom stereocenters. The Labute approximate surface area is 163 Å². The molecule has 0 radical (unpaired) electrons. The third kappa shape index (κ3) is 6.72. The molecule has 0 heterocycles. The summed E-state index contributed by atoms with van der Waals surface area (Å²) in [5.41, 5.74) is 0.420. The number of rotatable bonds is 9. The van der Waals surface area contributed by atoms with E-state index in [9.17, 15) is 8.42 Å². The van der Waals surface area contributed by atoms with Crippen LogP contribution in [0.1, 0.15) is 39.5 Å². The lowest BCUT2D eigenvalue weighted by Gasteiger charge is -2.43. The number of sulfone groups is 1. The van der Waals surface area contributed by atoms with Crippen molar-refractivity contribution in [1.29, 1.82) is 0 Å². The molecular weight excluding hydrogens is 362 g/mol. The second-order valence-electron chi connectivity index (χ2n) is 7.90. The molecule has 1 aliphatic rings. The largest absolute Gasteiger partial charge is 0.492 e. The van der Waals surface area contributed by atoms with Crippen LogP contribution in [0.2, 0.25) is 0 Å². The van der Waals surface area contributed by atoms with Gasteiger partial charge in [-0.2, -0.15) is 0 Å². The van der Waals surface area contributed by atoms with E-state index in [1.165, 1.54) is 31.9 Å². The third-order valence-electron chi connectivity index (χ3n) is 5.03. The van der Waals surface area contributed by atoms with E-state index in [0.717, 1.165) is 12.5 Å². The van der Waals surface area contributed by atoms with Gasteiger partial charge in [0.15, 0.2) is 15.8 Å². The van der Waals surface area contributed by atoms with Crippen LogP contribution >= 0.6 is 0 Å². The maximum absolute atomic E-state index is 11.5. The number of hydrogen-bond donors (Lipinski definition) is 2. The number of hydrogen-bond acceptors (Lipinski definition) is 4. The molecule has 27 heavy (non-hydrogen) atoms. The minimum absolute atomic E-state index is 0.295. The Balaban J connectivity index is 1.72. The van der Waals surface area contributed by atoms with Gasteiger partial charge in [-0.05, 0) is 54.9 Å². The van der Waals surface area contributed by atoms with E-state index in [1.54, 1.807) is 31.3 Å². The summed E-state index contributed by atoms with van der Waals surface area (Å²) < 4.78 is 28.6. The Morgan fingerprint density at radius 2 is 1.89 bits per heavy atom. The molecule has 1 saturated carbocycles. The van der Waals surface area contributed by atoms with Gasteiger partial charge < -0.3 is 15.4 Å². The van der Waals surface area contributed by atoms with E-state index in [1.807, 2.05) is 0 Å². The Kier molecular flexibility index (Phi) is 7.53. The first-order chi connectivity index (χ1) is 12.7. The van der Waals surface area contributed by atoms with Crippen LogP contribution in [-0.4, -0.2) is 47.4 Å². The van der Waals surface area contributed by atoms with Crippen LogP contribution in [0, 0.1) is 11.3 Å². The van der Waals surface area contributed by atoms with Crippen LogP contribution in [0.25, 0.3) is 0 Å². The van der Waals surface area contributed by atoms with Gasteiger partial charge in [-0.15, -0.1) is 0 Å². The summed E-state index contributed by atoms with van der Waals surface area (Å²) in [6.45, 7) is 6.61. The zero-order chi connectivity index (χ0) is 19.9. The molecule has 1 aromatic rings. The highest BCUT2D eigenvalue weighted by Crippen LogP contribution is 2.45. The van der Waals surface area contributed by atoms with Crippen molar-refractivity contribution in [1.82, 2.24) is 10.6 Å². The maximum atomic E-state index is 11.5. The second kappa shape index (κ2) is 9.44. The molecule has 0 saturated heterocycles. The maximum Gasteiger partial charge on any atom is 0.191 e. The Morgan fingerprint density at radius 3 is 2.37 bits per heavy atom. The molecule has 0 unspecified atom stereocenters. The van der Waals surface area contributed by atoms with E-state index < -0.39 is 9.84 Å². The highest BCUT2D eigenvalue weighted by Gasteiger charge is 2.37. The molecule has 0 bridgehead atoms. The lowest BCUT2D eigenvalue weighted by Crippen LogP contribution is -2.47. The smallest absolute Gasteiger partial charge is 0.191 e. The van der Waals surface area contributed by atoms with Crippen molar-refractivity contribution in [2.45, 2.75) is 44.4 Å². The zero-order valence-electron chi connectivity index (χ0n) is 16.9. The Morgan fingerprint density at radius 1 is 1.22 bits per heavy atom. The van der Waals surface area contributed by atoms with E-state index in [4.69, 9.17) is 4.74 Å². The van der Waals surface area contributed by atoms with Gasteiger partial charge in [0.1, 0.15) is 12.4 Å². The first kappa shape index (κ1) is 21.5. The van der Waals surface area contributed by atoms with Crippen molar-refractivity contribution in [3.8, 4) is 5.75 Å². The number of ether oxygens (including phenoxy) is 1. The summed E-state index contributed by atoms with van der Waals surface area (Å²) in [5.74, 6) is 2.16. The fourth-order valence-corrected chi connectivity index (χ4v) is 4.24. The van der Waals surface area contributed by atoms with Crippen LogP contribution in [0.15, 0.2) is 34.2 Å². The Hall–Kier alpha value is -1.76. The number of aliphatic imine (C=N–C) groups is 1. The molecule has 6 nitrogen and oxygen atoms in total. The summed E-state index contributed by atoms with van der Waals surface area (Å²) in [6.07, 6.45) is 6.36. The van der Waals surface area contributed by atoms with E-state index in [2.05, 4.69) is 29.5 Å². The standard InChI is InChI=1S/C20H33N3O3S/c1-16(2)14-20(10-5-11-20)15-23-19(21-3)22-12-13-26-17-6-8-18(9-7-17)27(4,24)25/h6-9,16H,5,10-15H2,1-4H3,(H2,21,22,23). The fraction of sp³-hybridized carbons (Fsp3) is 0.650. The van der Waals surface area contributed by atoms with E-state index >= 15 is 0 Å². The molecule has 2 N–H and O–H groups in total. The topological polar surface area (TPSA) is 79.8 Å². The molecule has 1 aliphatic carbocycles. The second-order valence-corrected chi connectivity index (χ2v) is 9.91. The van der Waals surface area contributed by atoms with E-state index in [-0.39, 0.29) is 0 Å². The average molecular weight is 396 g/mol. The number of benzene rings is 1. The molecule has 1 aromatic carbocycles. The molecule has 7 heteroatoms. The monoisotopic (exact) mass is 395 g/mol. The number of nitrogens with zero attached hydrogens (tertiary/aromatic N) is 1. The van der Waals surface area contributed by atoms with Gasteiger partial charge >= 0.3 is 0 Å². The van der Waals surface area contributed by atoms with Gasteiger partial charge in [0.25, 0.3) is 0 Å². The van der Waals surface area contributed by atoms with Crippen molar-refractivity contribution in [2.75, 3.05) is 33.0 Å². The molecule has 1 fully saturated rings. The first-order valence-electron chi connectivity index (χ1n) is 9.61. The van der Waals surface area contributed by atoms with E-state index in [0.29, 0.717) is 35.1 Å². The van der Waals surface area contributed by atoms with Gasteiger partial charge in [-0.3, -0.25) is 4.99 Å². The van der Waals surface area contributed by atoms with Crippen molar-refractivity contribution in [2.24, 2.45) is 16.3 Å². The van der Waals surface area contributed by atoms with Crippen molar-refractivity contribution >= 4 is 15.8 Å². The van der Waals surface area contributed by atoms with Crippen molar-refractivity contribution in [3.05, 3.63) is 24.3 Å². The molecule has 0 aliphatic heterocycles. The summed E-state index contributed by atoms with van der Waals surface area (Å²) in [6, 6.07) is 6.47. The van der Waals surface area contributed by atoms with Crippen LogP contribution in [0.3, 0.4) is 0 Å². The predicted octanol–water partition coefficient (Wildman–Crippen LogP) is 2.85. The summed E-state index contributed by atoms with van der Waals surface area (Å²) in [7, 11) is -1.40. The van der Waals surface area contributed by atoms with Gasteiger partial charge in [-0.1, -0.05) is 20.3 Å². The summed E-state index contributed by atoms with van der Waals surface area (Å²) in [4.78, 5) is 4.58. The van der Waals surface area contributed by atoms with Gasteiger partial charge in [0.2, 0.25) is 0 Å². The summed E-state index contributed by atoms with van der Waals surface area (Å²) in [5, 5.41) is 6.72. The third-order valence-corrected chi connectivity index (χ3v) is 6.15. The fourth-order valence-electron chi connectivity index (χ4n) is 3.61. The number of guanidine groups is 1. The highest BCUT2D eigenvalue weighted by atomic mass is 32.2. The molecule has 0 aromatic heterocycles. The van der Waals surface area contributed by atoms with Crippen LogP contribution in [0.5, 0.6) is 5.75 Å². The quantitative estimate of drug-likeness (QED) is 0.382. The molecule has 2 rings (SSSR count). The lowest BCUT2D eigenvalue weighted by molar-refractivity contribution is 0.104. The van der Waals surface area contributed by atoms with Crippen LogP contribution in [-0.2, 0) is 9.84 Å². The van der Waals surface area contributed by atoms with Crippen LogP contribution in [0.4, 0.5) is 0 Å². The highest BCUT2D eigenvalue weighted by molar-refractivity contribution is 7.90. The minimum Gasteiger partial charge on any atom is -0.492 e. The minimum atomic E-state index is -3.18.